The van der Waals surface area contributed by atoms with Crippen molar-refractivity contribution in [1.82, 2.24) is 9.97 Å². The fourth-order valence-electron chi connectivity index (χ4n) is 1.72. The van der Waals surface area contributed by atoms with Crippen LogP contribution in [0.2, 0.25) is 5.02 Å². The number of ether oxygens (including phenoxy) is 1. The van der Waals surface area contributed by atoms with Crippen LogP contribution in [0.15, 0.2) is 12.1 Å². The molecule has 0 aliphatic rings. The van der Waals surface area contributed by atoms with Gasteiger partial charge in [0.15, 0.2) is 28.9 Å². The molecule has 0 saturated carbocycles. The van der Waals surface area contributed by atoms with Crippen molar-refractivity contribution in [2.24, 2.45) is 0 Å². The lowest BCUT2D eigenvalue weighted by atomic mass is 10.1. The lowest BCUT2D eigenvalue weighted by Gasteiger charge is -2.10. The van der Waals surface area contributed by atoms with E-state index >= 15 is 0 Å². The molecule has 21 heavy (non-hydrogen) atoms. The first-order valence-electron chi connectivity index (χ1n) is 5.72. The molecule has 0 saturated heterocycles. The van der Waals surface area contributed by atoms with Crippen LogP contribution in [0.1, 0.15) is 17.4 Å². The molecule has 0 fully saturated rings. The van der Waals surface area contributed by atoms with Gasteiger partial charge in [0.1, 0.15) is 11.6 Å². The number of ketones is 1. The van der Waals surface area contributed by atoms with E-state index in [1.54, 1.807) is 0 Å². The fourth-order valence-corrected chi connectivity index (χ4v) is 1.87. The Hall–Kier alpha value is -2.28. The SMILES string of the molecule is COc1c(N)nc(-c2cc(F)c(Cl)cc2F)nc1C(C)=O. The van der Waals surface area contributed by atoms with Crippen molar-refractivity contribution < 1.29 is 18.3 Å². The van der Waals surface area contributed by atoms with Crippen LogP contribution in [0.4, 0.5) is 14.6 Å². The number of halogens is 3. The Morgan fingerprint density at radius 1 is 1.29 bits per heavy atom. The second kappa shape index (κ2) is 5.61. The van der Waals surface area contributed by atoms with Gasteiger partial charge in [-0.15, -0.1) is 0 Å². The van der Waals surface area contributed by atoms with Crippen LogP contribution < -0.4 is 10.5 Å². The van der Waals surface area contributed by atoms with Crippen LogP contribution in [0.25, 0.3) is 11.4 Å². The van der Waals surface area contributed by atoms with E-state index in [0.717, 1.165) is 12.1 Å². The number of anilines is 1. The monoisotopic (exact) mass is 313 g/mol. The minimum atomic E-state index is -0.838. The highest BCUT2D eigenvalue weighted by Crippen LogP contribution is 2.30. The molecule has 0 bridgehead atoms. The molecule has 110 valence electrons. The number of carbonyl (C=O) groups excluding carboxylic acids is 1. The third kappa shape index (κ3) is 2.78. The highest BCUT2D eigenvalue weighted by atomic mass is 35.5. The lowest BCUT2D eigenvalue weighted by molar-refractivity contribution is 0.101. The van der Waals surface area contributed by atoms with Gasteiger partial charge in [-0.05, 0) is 12.1 Å². The molecule has 0 spiro atoms. The third-order valence-electron chi connectivity index (χ3n) is 2.68. The standard InChI is InChI=1S/C13H10ClF2N3O2/c1-5(20)10-11(21-2)12(17)19-13(18-10)6-3-9(16)7(14)4-8(6)15/h3-4H,1-2H3,(H2,17,18,19). The highest BCUT2D eigenvalue weighted by Gasteiger charge is 2.20. The van der Waals surface area contributed by atoms with E-state index in [4.69, 9.17) is 22.1 Å². The molecule has 1 aromatic carbocycles. The summed E-state index contributed by atoms with van der Waals surface area (Å²) in [6.07, 6.45) is 0. The van der Waals surface area contributed by atoms with E-state index in [9.17, 15) is 13.6 Å². The normalized spacial score (nSPS) is 10.5. The van der Waals surface area contributed by atoms with E-state index in [1.807, 2.05) is 0 Å². The van der Waals surface area contributed by atoms with Crippen LogP contribution in [0.3, 0.4) is 0 Å². The zero-order chi connectivity index (χ0) is 15.7. The quantitative estimate of drug-likeness (QED) is 0.696. The third-order valence-corrected chi connectivity index (χ3v) is 2.97. The predicted molar refractivity (Wildman–Crippen MR) is 73.4 cm³/mol. The Morgan fingerprint density at radius 3 is 2.52 bits per heavy atom. The van der Waals surface area contributed by atoms with Crippen molar-refractivity contribution in [2.45, 2.75) is 6.92 Å². The smallest absolute Gasteiger partial charge is 0.190 e. The average Bonchev–Trinajstić information content (AvgIpc) is 2.41. The van der Waals surface area contributed by atoms with Gasteiger partial charge in [0.2, 0.25) is 0 Å². The zero-order valence-corrected chi connectivity index (χ0v) is 11.8. The summed E-state index contributed by atoms with van der Waals surface area (Å²) >= 11 is 5.48. The molecular formula is C13H10ClF2N3O2. The Labute approximate surface area is 123 Å². The van der Waals surface area contributed by atoms with Gasteiger partial charge < -0.3 is 10.5 Å². The number of carbonyl (C=O) groups is 1. The largest absolute Gasteiger partial charge is 0.491 e. The molecule has 2 rings (SSSR count). The van der Waals surface area contributed by atoms with Gasteiger partial charge in [-0.25, -0.2) is 18.7 Å². The number of hydrogen-bond donors (Lipinski definition) is 1. The lowest BCUT2D eigenvalue weighted by Crippen LogP contribution is -2.09. The van der Waals surface area contributed by atoms with Crippen LogP contribution >= 0.6 is 11.6 Å². The summed E-state index contributed by atoms with van der Waals surface area (Å²) in [5, 5.41) is -0.371. The first kappa shape index (κ1) is 15.1. The number of hydrogen-bond acceptors (Lipinski definition) is 5. The molecule has 0 radical (unpaired) electrons. The number of aromatic nitrogens is 2. The van der Waals surface area contributed by atoms with E-state index < -0.39 is 17.4 Å². The van der Waals surface area contributed by atoms with Crippen LogP contribution in [0, 0.1) is 11.6 Å². The molecule has 8 heteroatoms. The Morgan fingerprint density at radius 2 is 1.95 bits per heavy atom. The zero-order valence-electron chi connectivity index (χ0n) is 11.1. The molecule has 2 N–H and O–H groups in total. The molecular weight excluding hydrogens is 304 g/mol. The number of benzene rings is 1. The number of Topliss-reactive ketones (excluding diaryl/α,β-unsaturated/α-hetero) is 1. The molecule has 1 aromatic heterocycles. The highest BCUT2D eigenvalue weighted by molar-refractivity contribution is 6.30. The number of nitrogens with two attached hydrogens (primary N) is 1. The van der Waals surface area contributed by atoms with E-state index in [0.29, 0.717) is 0 Å². The van der Waals surface area contributed by atoms with E-state index in [1.165, 1.54) is 14.0 Å². The van der Waals surface area contributed by atoms with Gasteiger partial charge in [-0.2, -0.15) is 0 Å². The summed E-state index contributed by atoms with van der Waals surface area (Å²) in [4.78, 5) is 19.3. The Bertz CT molecular complexity index is 738. The average molecular weight is 314 g/mol. The molecule has 0 amide bonds. The van der Waals surface area contributed by atoms with Crippen molar-refractivity contribution in [1.29, 1.82) is 0 Å². The Kier molecular flexibility index (Phi) is 4.04. The summed E-state index contributed by atoms with van der Waals surface area (Å²) in [5.41, 5.74) is 5.28. The molecule has 1 heterocycles. The number of rotatable bonds is 3. The second-order valence-electron chi connectivity index (χ2n) is 4.12. The molecule has 0 atom stereocenters. The first-order chi connectivity index (χ1) is 9.85. The Balaban J connectivity index is 2.71. The fraction of sp³-hybridized carbons (Fsp3) is 0.154. The maximum Gasteiger partial charge on any atom is 0.190 e. The molecule has 0 aliphatic carbocycles. The summed E-state index contributed by atoms with van der Waals surface area (Å²) < 4.78 is 32.3. The van der Waals surface area contributed by atoms with Gasteiger partial charge >= 0.3 is 0 Å². The van der Waals surface area contributed by atoms with Crippen molar-refractivity contribution in [2.75, 3.05) is 12.8 Å². The maximum atomic E-state index is 13.9. The van der Waals surface area contributed by atoms with Gasteiger partial charge in [0.25, 0.3) is 0 Å². The molecule has 5 nitrogen and oxygen atoms in total. The summed E-state index contributed by atoms with van der Waals surface area (Å²) in [6, 6.07) is 1.63. The first-order valence-corrected chi connectivity index (χ1v) is 6.10. The number of nitrogens with zero attached hydrogens (tertiary/aromatic N) is 2. The number of nitrogen functional groups attached to an aromatic ring is 1. The predicted octanol–water partition coefficient (Wildman–Crippen LogP) is 2.87. The minimum Gasteiger partial charge on any atom is -0.491 e. The molecule has 0 unspecified atom stereocenters. The molecule has 2 aromatic rings. The minimum absolute atomic E-state index is 0.0129. The maximum absolute atomic E-state index is 13.9. The van der Waals surface area contributed by atoms with Crippen molar-refractivity contribution in [3.05, 3.63) is 34.5 Å². The van der Waals surface area contributed by atoms with Crippen LogP contribution in [-0.2, 0) is 0 Å². The van der Waals surface area contributed by atoms with Crippen molar-refractivity contribution >= 4 is 23.2 Å². The topological polar surface area (TPSA) is 78.1 Å². The van der Waals surface area contributed by atoms with Gasteiger partial charge in [0, 0.05) is 6.92 Å². The van der Waals surface area contributed by atoms with Gasteiger partial charge in [-0.3, -0.25) is 4.79 Å². The number of methoxy groups -OCH3 is 1. The second-order valence-corrected chi connectivity index (χ2v) is 4.52. The van der Waals surface area contributed by atoms with Gasteiger partial charge in [0.05, 0.1) is 17.7 Å². The van der Waals surface area contributed by atoms with Gasteiger partial charge in [-0.1, -0.05) is 11.6 Å². The summed E-state index contributed by atoms with van der Waals surface area (Å²) in [7, 11) is 1.30. The van der Waals surface area contributed by atoms with Crippen molar-refractivity contribution in [3.8, 4) is 17.1 Å². The van der Waals surface area contributed by atoms with Crippen LogP contribution in [0.5, 0.6) is 5.75 Å². The van der Waals surface area contributed by atoms with Crippen molar-refractivity contribution in [3.63, 3.8) is 0 Å². The summed E-state index contributed by atoms with van der Waals surface area (Å²) in [5.74, 6) is -2.51. The van der Waals surface area contributed by atoms with Crippen LogP contribution in [-0.4, -0.2) is 22.9 Å². The molecule has 0 aliphatic heterocycles. The van der Waals surface area contributed by atoms with E-state index in [-0.39, 0.29) is 33.7 Å². The summed E-state index contributed by atoms with van der Waals surface area (Å²) in [6.45, 7) is 1.24. The van der Waals surface area contributed by atoms with E-state index in [2.05, 4.69) is 9.97 Å².